The van der Waals surface area contributed by atoms with Crippen LogP contribution in [0.1, 0.15) is 33.1 Å². The summed E-state index contributed by atoms with van der Waals surface area (Å²) in [4.78, 5) is 10.7. The van der Waals surface area contributed by atoms with Gasteiger partial charge in [0.15, 0.2) is 0 Å². The van der Waals surface area contributed by atoms with Gasteiger partial charge in [-0.3, -0.25) is 10.1 Å². The fourth-order valence-electron chi connectivity index (χ4n) is 3.42. The number of nitrogens with zero attached hydrogens (tertiary/aromatic N) is 1. The molecule has 0 aliphatic heterocycles. The second kappa shape index (κ2) is 6.20. The lowest BCUT2D eigenvalue weighted by Crippen LogP contribution is -2.63. The number of para-hydroxylation sites is 1. The van der Waals surface area contributed by atoms with Crippen LogP contribution in [0.3, 0.4) is 0 Å². The van der Waals surface area contributed by atoms with E-state index in [4.69, 9.17) is 16.3 Å². The van der Waals surface area contributed by atoms with E-state index in [-0.39, 0.29) is 23.0 Å². The number of ether oxygens (including phenoxy) is 1. The van der Waals surface area contributed by atoms with E-state index in [1.54, 1.807) is 12.1 Å². The second-order valence-corrected chi connectivity index (χ2v) is 5.88. The predicted molar refractivity (Wildman–Crippen MR) is 83.0 cm³/mol. The Hall–Kier alpha value is -1.33. The van der Waals surface area contributed by atoms with Crippen LogP contribution in [0.5, 0.6) is 5.75 Å². The molecule has 1 saturated carbocycles. The molecule has 0 aromatic heterocycles. The molecule has 2 unspecified atom stereocenters. The van der Waals surface area contributed by atoms with Gasteiger partial charge in [-0.05, 0) is 26.0 Å². The van der Waals surface area contributed by atoms with Crippen molar-refractivity contribution in [3.05, 3.63) is 33.3 Å². The van der Waals surface area contributed by atoms with Crippen molar-refractivity contribution in [2.24, 2.45) is 5.41 Å². The third kappa shape index (κ3) is 2.60. The van der Waals surface area contributed by atoms with Crippen LogP contribution in [-0.2, 0) is 0 Å². The first-order valence-corrected chi connectivity index (χ1v) is 7.64. The maximum absolute atomic E-state index is 11.1. The van der Waals surface area contributed by atoms with Crippen LogP contribution in [0.15, 0.2) is 18.2 Å². The van der Waals surface area contributed by atoms with Gasteiger partial charge >= 0.3 is 5.69 Å². The minimum Gasteiger partial charge on any atom is -0.482 e. The Morgan fingerprint density at radius 2 is 2.14 bits per heavy atom. The molecule has 0 amide bonds. The second-order valence-electron chi connectivity index (χ2n) is 5.47. The van der Waals surface area contributed by atoms with E-state index in [0.29, 0.717) is 11.1 Å². The topological polar surface area (TPSA) is 64.4 Å². The summed E-state index contributed by atoms with van der Waals surface area (Å²) in [6.45, 7) is 4.26. The average Bonchev–Trinajstić information content (AvgIpc) is 2.45. The van der Waals surface area contributed by atoms with Crippen LogP contribution in [0.4, 0.5) is 5.69 Å². The van der Waals surface area contributed by atoms with Gasteiger partial charge in [-0.25, -0.2) is 0 Å². The van der Waals surface area contributed by atoms with Gasteiger partial charge in [0.25, 0.3) is 0 Å². The van der Waals surface area contributed by atoms with Crippen molar-refractivity contribution in [2.45, 2.75) is 45.3 Å². The monoisotopic (exact) mass is 312 g/mol. The first kappa shape index (κ1) is 16.0. The Kier molecular flexibility index (Phi) is 4.74. The molecule has 116 valence electrons. The third-order valence-corrected chi connectivity index (χ3v) is 5.15. The van der Waals surface area contributed by atoms with Crippen molar-refractivity contribution in [1.29, 1.82) is 0 Å². The highest BCUT2D eigenvalue weighted by Crippen LogP contribution is 2.50. The van der Waals surface area contributed by atoms with E-state index in [2.05, 4.69) is 19.2 Å². The van der Waals surface area contributed by atoms with Gasteiger partial charge in [-0.2, -0.15) is 0 Å². The quantitative estimate of drug-likeness (QED) is 0.641. The molecule has 1 aromatic rings. The van der Waals surface area contributed by atoms with Crippen LogP contribution >= 0.6 is 11.6 Å². The molecule has 0 spiro atoms. The molecule has 1 aliphatic carbocycles. The molecule has 1 fully saturated rings. The normalized spacial score (nSPS) is 23.4. The summed E-state index contributed by atoms with van der Waals surface area (Å²) >= 11 is 6.10. The number of hydrogen-bond donors (Lipinski definition) is 1. The predicted octanol–water partition coefficient (Wildman–Crippen LogP) is 3.79. The SMILES string of the molecule is CCC1(CC)C(NC)CC1Oc1c(Cl)cccc1[N+](=O)[O-]. The lowest BCUT2D eigenvalue weighted by molar-refractivity contribution is -0.386. The number of hydrogen-bond acceptors (Lipinski definition) is 4. The lowest BCUT2D eigenvalue weighted by atomic mass is 9.58. The zero-order valence-corrected chi connectivity index (χ0v) is 13.3. The summed E-state index contributed by atoms with van der Waals surface area (Å²) in [5, 5.41) is 14.7. The number of rotatable bonds is 6. The first-order chi connectivity index (χ1) is 10.00. The van der Waals surface area contributed by atoms with Crippen LogP contribution in [-0.4, -0.2) is 24.1 Å². The number of benzene rings is 1. The van der Waals surface area contributed by atoms with Gasteiger partial charge in [0.05, 0.1) is 9.95 Å². The van der Waals surface area contributed by atoms with Crippen LogP contribution in [0.2, 0.25) is 5.02 Å². The van der Waals surface area contributed by atoms with E-state index in [0.717, 1.165) is 19.3 Å². The minimum atomic E-state index is -0.449. The molecule has 0 heterocycles. The number of nitro groups is 1. The molecule has 0 saturated heterocycles. The number of nitrogens with one attached hydrogen (secondary N) is 1. The molecule has 2 rings (SSSR count). The lowest BCUT2D eigenvalue weighted by Gasteiger charge is -2.55. The van der Waals surface area contributed by atoms with Crippen LogP contribution in [0.25, 0.3) is 0 Å². The van der Waals surface area contributed by atoms with E-state index < -0.39 is 4.92 Å². The molecule has 2 atom stereocenters. The van der Waals surface area contributed by atoms with Gasteiger partial charge in [-0.1, -0.05) is 31.5 Å². The van der Waals surface area contributed by atoms with Crippen molar-refractivity contribution < 1.29 is 9.66 Å². The molecule has 1 aromatic carbocycles. The highest BCUT2D eigenvalue weighted by atomic mass is 35.5. The molecule has 1 N–H and O–H groups in total. The van der Waals surface area contributed by atoms with Crippen LogP contribution < -0.4 is 10.1 Å². The Balaban J connectivity index is 2.29. The molecule has 1 aliphatic rings. The molecule has 0 bridgehead atoms. The Bertz CT molecular complexity index is 532. The van der Waals surface area contributed by atoms with Crippen molar-refractivity contribution in [2.75, 3.05) is 7.05 Å². The summed E-state index contributed by atoms with van der Waals surface area (Å²) < 4.78 is 5.99. The average molecular weight is 313 g/mol. The maximum atomic E-state index is 11.1. The Morgan fingerprint density at radius 3 is 2.67 bits per heavy atom. The molecular formula is C15H21ClN2O3. The summed E-state index contributed by atoms with van der Waals surface area (Å²) in [7, 11) is 1.94. The zero-order chi connectivity index (χ0) is 15.6. The summed E-state index contributed by atoms with van der Waals surface area (Å²) in [6, 6.07) is 4.99. The fraction of sp³-hybridized carbons (Fsp3) is 0.600. The maximum Gasteiger partial charge on any atom is 0.312 e. The van der Waals surface area contributed by atoms with Crippen molar-refractivity contribution >= 4 is 17.3 Å². The van der Waals surface area contributed by atoms with Gasteiger partial charge in [0.1, 0.15) is 6.10 Å². The largest absolute Gasteiger partial charge is 0.482 e. The van der Waals surface area contributed by atoms with E-state index >= 15 is 0 Å². The summed E-state index contributed by atoms with van der Waals surface area (Å²) in [6.07, 6.45) is 2.69. The van der Waals surface area contributed by atoms with Crippen molar-refractivity contribution in [1.82, 2.24) is 5.32 Å². The van der Waals surface area contributed by atoms with Gasteiger partial charge in [0.2, 0.25) is 5.75 Å². The first-order valence-electron chi connectivity index (χ1n) is 7.27. The minimum absolute atomic E-state index is 0.00177. The van der Waals surface area contributed by atoms with E-state index in [9.17, 15) is 10.1 Å². The van der Waals surface area contributed by atoms with Gasteiger partial charge in [-0.15, -0.1) is 0 Å². The molecule has 0 radical (unpaired) electrons. The zero-order valence-electron chi connectivity index (χ0n) is 12.6. The molecule has 6 heteroatoms. The highest BCUT2D eigenvalue weighted by Gasteiger charge is 2.54. The highest BCUT2D eigenvalue weighted by molar-refractivity contribution is 6.32. The van der Waals surface area contributed by atoms with Gasteiger partial charge in [0, 0.05) is 23.9 Å². The Morgan fingerprint density at radius 1 is 1.48 bits per heavy atom. The van der Waals surface area contributed by atoms with Crippen molar-refractivity contribution in [3.63, 3.8) is 0 Å². The van der Waals surface area contributed by atoms with Crippen molar-refractivity contribution in [3.8, 4) is 5.75 Å². The molecular weight excluding hydrogens is 292 g/mol. The van der Waals surface area contributed by atoms with E-state index in [1.165, 1.54) is 6.07 Å². The fourth-order valence-corrected chi connectivity index (χ4v) is 3.63. The molecule has 21 heavy (non-hydrogen) atoms. The summed E-state index contributed by atoms with van der Waals surface area (Å²) in [5.74, 6) is 0.190. The third-order valence-electron chi connectivity index (χ3n) is 4.85. The number of halogens is 1. The van der Waals surface area contributed by atoms with Crippen LogP contribution in [0, 0.1) is 15.5 Å². The Labute approximate surface area is 129 Å². The summed E-state index contributed by atoms with van der Waals surface area (Å²) in [5.41, 5.74) is -0.0709. The van der Waals surface area contributed by atoms with Gasteiger partial charge < -0.3 is 10.1 Å². The smallest absolute Gasteiger partial charge is 0.312 e. The number of nitro benzene ring substituents is 1. The molecule has 5 nitrogen and oxygen atoms in total. The standard InChI is InChI=1S/C15H21ClN2O3/c1-4-15(5-2)12(17-3)9-13(15)21-14-10(16)7-6-8-11(14)18(19)20/h6-8,12-13,17H,4-5,9H2,1-3H3. The van der Waals surface area contributed by atoms with E-state index in [1.807, 2.05) is 7.05 Å².